The van der Waals surface area contributed by atoms with Gasteiger partial charge in [0, 0.05) is 17.4 Å². The number of hydrogen-bond donors (Lipinski definition) is 0. The summed E-state index contributed by atoms with van der Waals surface area (Å²) in [5.41, 5.74) is 0.563. The van der Waals surface area contributed by atoms with E-state index in [4.69, 9.17) is 9.47 Å². The number of carbonyl (C=O) groups is 1. The van der Waals surface area contributed by atoms with E-state index >= 15 is 0 Å². The fraction of sp³-hybridized carbons (Fsp3) is 0.222. The zero-order chi connectivity index (χ0) is 21.8. The van der Waals surface area contributed by atoms with E-state index in [1.807, 2.05) is 0 Å². The molecule has 0 saturated carbocycles. The standard InChI is InChI=1S/C18H16N4O7S/c1-28-16-6-4-11(7-17(16)29-2)14-10-30-18(23)20(19-14)9-12-3-5-13(21(24)25)8-15(12)22(26)27/h3-8H,9-10H2,1-2H3. The summed E-state index contributed by atoms with van der Waals surface area (Å²) in [5.74, 6) is 1.35. The lowest BCUT2D eigenvalue weighted by atomic mass is 10.1. The number of hydrogen-bond acceptors (Lipinski definition) is 9. The molecule has 0 N–H and O–H groups in total. The maximum absolute atomic E-state index is 12.3. The smallest absolute Gasteiger partial charge is 0.302 e. The molecule has 1 aliphatic heterocycles. The van der Waals surface area contributed by atoms with Crippen LogP contribution in [-0.4, -0.2) is 45.8 Å². The third-order valence-electron chi connectivity index (χ3n) is 4.30. The van der Waals surface area contributed by atoms with Gasteiger partial charge < -0.3 is 9.47 Å². The minimum atomic E-state index is -0.719. The molecule has 0 bridgehead atoms. The van der Waals surface area contributed by atoms with Gasteiger partial charge in [0.1, 0.15) is 0 Å². The van der Waals surface area contributed by atoms with E-state index in [2.05, 4.69) is 5.10 Å². The van der Waals surface area contributed by atoms with Gasteiger partial charge in [-0.05, 0) is 24.3 Å². The third kappa shape index (κ3) is 4.33. The Morgan fingerprint density at radius 2 is 1.80 bits per heavy atom. The number of carbonyl (C=O) groups excluding carboxylic acids is 1. The second kappa shape index (κ2) is 8.78. The minimum Gasteiger partial charge on any atom is -0.493 e. The van der Waals surface area contributed by atoms with Crippen LogP contribution in [0.2, 0.25) is 0 Å². The molecular weight excluding hydrogens is 416 g/mol. The Kier molecular flexibility index (Phi) is 6.16. The third-order valence-corrected chi connectivity index (χ3v) is 5.17. The first-order valence-electron chi connectivity index (χ1n) is 8.50. The number of rotatable bonds is 7. The highest BCUT2D eigenvalue weighted by molar-refractivity contribution is 8.14. The normalized spacial score (nSPS) is 13.6. The summed E-state index contributed by atoms with van der Waals surface area (Å²) >= 11 is 1.00. The highest BCUT2D eigenvalue weighted by Crippen LogP contribution is 2.31. The number of nitro groups is 2. The molecule has 2 aromatic rings. The summed E-state index contributed by atoms with van der Waals surface area (Å²) in [5, 5.41) is 27.3. The first-order chi connectivity index (χ1) is 14.3. The minimum absolute atomic E-state index is 0.136. The van der Waals surface area contributed by atoms with Gasteiger partial charge >= 0.3 is 5.24 Å². The monoisotopic (exact) mass is 432 g/mol. The molecule has 3 rings (SSSR count). The molecule has 0 radical (unpaired) electrons. The number of benzene rings is 2. The topological polar surface area (TPSA) is 137 Å². The maximum atomic E-state index is 12.3. The van der Waals surface area contributed by atoms with Crippen LogP contribution in [0, 0.1) is 20.2 Å². The Balaban J connectivity index is 1.94. The largest absolute Gasteiger partial charge is 0.493 e. The maximum Gasteiger partial charge on any atom is 0.302 e. The number of amides is 1. The Labute approximate surface area is 174 Å². The lowest BCUT2D eigenvalue weighted by Gasteiger charge is -2.23. The summed E-state index contributed by atoms with van der Waals surface area (Å²) in [6.07, 6.45) is 0. The quantitative estimate of drug-likeness (QED) is 0.478. The predicted octanol–water partition coefficient (Wildman–Crippen LogP) is 3.59. The molecule has 0 aliphatic carbocycles. The van der Waals surface area contributed by atoms with Crippen molar-refractivity contribution in [3.8, 4) is 11.5 Å². The van der Waals surface area contributed by atoms with Crippen molar-refractivity contribution in [1.29, 1.82) is 0 Å². The zero-order valence-corrected chi connectivity index (χ0v) is 16.7. The Hall–Kier alpha value is -3.67. The van der Waals surface area contributed by atoms with Gasteiger partial charge in [0.05, 0.1) is 48.0 Å². The predicted molar refractivity (Wildman–Crippen MR) is 109 cm³/mol. The summed E-state index contributed by atoms with van der Waals surface area (Å²) in [6, 6.07) is 8.49. The van der Waals surface area contributed by atoms with Crippen LogP contribution in [0.25, 0.3) is 0 Å². The van der Waals surface area contributed by atoms with Crippen LogP contribution in [0.4, 0.5) is 16.2 Å². The fourth-order valence-electron chi connectivity index (χ4n) is 2.81. The molecule has 30 heavy (non-hydrogen) atoms. The van der Waals surface area contributed by atoms with Gasteiger partial charge in [-0.1, -0.05) is 11.8 Å². The Morgan fingerprint density at radius 3 is 2.43 bits per heavy atom. The lowest BCUT2D eigenvalue weighted by Crippen LogP contribution is -2.29. The van der Waals surface area contributed by atoms with E-state index in [-0.39, 0.29) is 17.3 Å². The van der Waals surface area contributed by atoms with Crippen molar-refractivity contribution >= 4 is 34.1 Å². The van der Waals surface area contributed by atoms with E-state index in [1.54, 1.807) is 18.2 Å². The van der Waals surface area contributed by atoms with E-state index < -0.39 is 21.2 Å². The average molecular weight is 432 g/mol. The highest BCUT2D eigenvalue weighted by atomic mass is 32.2. The molecule has 0 fully saturated rings. The molecule has 0 spiro atoms. The lowest BCUT2D eigenvalue weighted by molar-refractivity contribution is -0.394. The van der Waals surface area contributed by atoms with E-state index in [1.165, 1.54) is 20.3 Å². The van der Waals surface area contributed by atoms with E-state index in [0.717, 1.165) is 28.9 Å². The van der Waals surface area contributed by atoms with Gasteiger partial charge in [-0.25, -0.2) is 5.01 Å². The van der Waals surface area contributed by atoms with Gasteiger partial charge in [-0.15, -0.1) is 0 Å². The number of methoxy groups -OCH3 is 2. The molecule has 2 aromatic carbocycles. The fourth-order valence-corrected chi connectivity index (χ4v) is 3.55. The molecule has 1 heterocycles. The molecule has 0 unspecified atom stereocenters. The first-order valence-corrected chi connectivity index (χ1v) is 9.48. The summed E-state index contributed by atoms with van der Waals surface area (Å²) < 4.78 is 10.5. The van der Waals surface area contributed by atoms with Crippen molar-refractivity contribution < 1.29 is 24.1 Å². The van der Waals surface area contributed by atoms with Crippen LogP contribution < -0.4 is 9.47 Å². The zero-order valence-electron chi connectivity index (χ0n) is 15.9. The Morgan fingerprint density at radius 1 is 1.07 bits per heavy atom. The van der Waals surface area contributed by atoms with Crippen LogP contribution in [0.1, 0.15) is 11.1 Å². The molecule has 0 saturated heterocycles. The van der Waals surface area contributed by atoms with Crippen LogP contribution in [0.3, 0.4) is 0 Å². The number of nitrogens with zero attached hydrogens (tertiary/aromatic N) is 4. The molecule has 12 heteroatoms. The highest BCUT2D eigenvalue weighted by Gasteiger charge is 2.27. The van der Waals surface area contributed by atoms with Gasteiger partial charge in [0.2, 0.25) is 0 Å². The van der Waals surface area contributed by atoms with Crippen LogP contribution in [0.15, 0.2) is 41.5 Å². The number of ether oxygens (including phenoxy) is 2. The number of thioether (sulfide) groups is 1. The van der Waals surface area contributed by atoms with Crippen molar-refractivity contribution in [2.75, 3.05) is 20.0 Å². The van der Waals surface area contributed by atoms with Gasteiger partial charge in [-0.2, -0.15) is 5.10 Å². The molecule has 11 nitrogen and oxygen atoms in total. The van der Waals surface area contributed by atoms with Gasteiger partial charge in [0.25, 0.3) is 11.4 Å². The Bertz CT molecular complexity index is 1060. The van der Waals surface area contributed by atoms with E-state index in [0.29, 0.717) is 28.5 Å². The van der Waals surface area contributed by atoms with Gasteiger partial charge in [0.15, 0.2) is 11.5 Å². The van der Waals surface area contributed by atoms with Gasteiger partial charge in [-0.3, -0.25) is 25.0 Å². The molecule has 0 atom stereocenters. The van der Waals surface area contributed by atoms with E-state index in [9.17, 15) is 25.0 Å². The molecule has 1 amide bonds. The first kappa shape index (κ1) is 21.0. The van der Waals surface area contributed by atoms with Crippen LogP contribution in [-0.2, 0) is 6.54 Å². The summed E-state index contributed by atoms with van der Waals surface area (Å²) in [4.78, 5) is 33.1. The number of hydrazone groups is 1. The second-order valence-electron chi connectivity index (χ2n) is 6.06. The second-order valence-corrected chi connectivity index (χ2v) is 6.98. The van der Waals surface area contributed by atoms with Crippen molar-refractivity contribution in [3.05, 3.63) is 67.8 Å². The number of nitro benzene ring substituents is 2. The van der Waals surface area contributed by atoms with Crippen LogP contribution in [0.5, 0.6) is 11.5 Å². The molecular formula is C18H16N4O7S. The summed E-state index contributed by atoms with van der Waals surface area (Å²) in [7, 11) is 3.02. The molecule has 0 aromatic heterocycles. The SMILES string of the molecule is COc1ccc(C2=NN(Cc3ccc([N+](=O)[O-])cc3[N+](=O)[O-])C(=O)SC2)cc1OC. The molecule has 1 aliphatic rings. The van der Waals surface area contributed by atoms with Crippen molar-refractivity contribution in [2.45, 2.75) is 6.54 Å². The number of non-ortho nitro benzene ring substituents is 1. The van der Waals surface area contributed by atoms with Crippen molar-refractivity contribution in [3.63, 3.8) is 0 Å². The molecule has 156 valence electrons. The summed E-state index contributed by atoms with van der Waals surface area (Å²) in [6.45, 7) is -0.197. The van der Waals surface area contributed by atoms with Crippen molar-refractivity contribution in [2.24, 2.45) is 5.10 Å². The van der Waals surface area contributed by atoms with Crippen LogP contribution >= 0.6 is 11.8 Å². The van der Waals surface area contributed by atoms with Crippen molar-refractivity contribution in [1.82, 2.24) is 5.01 Å². The average Bonchev–Trinajstić information content (AvgIpc) is 2.74.